The zero-order chi connectivity index (χ0) is 20.2. The van der Waals surface area contributed by atoms with E-state index in [0.29, 0.717) is 24.5 Å². The van der Waals surface area contributed by atoms with Crippen molar-refractivity contribution in [2.24, 2.45) is 0 Å². The Morgan fingerprint density at radius 3 is 3.07 bits per heavy atom. The topological polar surface area (TPSA) is 76.6 Å². The van der Waals surface area contributed by atoms with E-state index in [1.54, 1.807) is 13.2 Å². The van der Waals surface area contributed by atoms with Crippen LogP contribution in [0.4, 0.5) is 0 Å². The molecule has 1 amide bonds. The first kappa shape index (κ1) is 19.6. The maximum absolute atomic E-state index is 13.3. The molecule has 2 atom stereocenters. The molecule has 0 bridgehead atoms. The highest BCUT2D eigenvalue weighted by molar-refractivity contribution is 5.82. The molecule has 0 aliphatic carbocycles. The molecule has 3 heterocycles. The Morgan fingerprint density at radius 2 is 2.24 bits per heavy atom. The van der Waals surface area contributed by atoms with Gasteiger partial charge >= 0.3 is 0 Å². The molecule has 2 aliphatic heterocycles. The summed E-state index contributed by atoms with van der Waals surface area (Å²) in [5, 5.41) is 3.34. The number of amides is 1. The van der Waals surface area contributed by atoms with E-state index in [2.05, 4.69) is 10.3 Å². The summed E-state index contributed by atoms with van der Waals surface area (Å²) < 4.78 is 11.3. The van der Waals surface area contributed by atoms with Gasteiger partial charge in [0.1, 0.15) is 11.5 Å². The lowest BCUT2D eigenvalue weighted by Gasteiger charge is -2.28. The fourth-order valence-electron chi connectivity index (χ4n) is 4.04. The van der Waals surface area contributed by atoms with Crippen LogP contribution in [0.15, 0.2) is 30.5 Å². The fraction of sp³-hybridized carbons (Fsp3) is 0.500. The van der Waals surface area contributed by atoms with E-state index >= 15 is 0 Å². The lowest BCUT2D eigenvalue weighted by Crippen LogP contribution is -2.41. The van der Waals surface area contributed by atoms with Crippen LogP contribution in [-0.4, -0.2) is 47.1 Å². The van der Waals surface area contributed by atoms with E-state index in [4.69, 9.17) is 14.5 Å². The first-order chi connectivity index (χ1) is 14.2. The van der Waals surface area contributed by atoms with Crippen LogP contribution in [0, 0.1) is 0 Å². The molecule has 4 rings (SSSR count). The average molecular weight is 396 g/mol. The first-order valence-electron chi connectivity index (χ1n) is 10.4. The monoisotopic (exact) mass is 396 g/mol. The minimum atomic E-state index is -0.537. The van der Waals surface area contributed by atoms with Gasteiger partial charge in [0.2, 0.25) is 0 Å². The predicted octanol–water partition coefficient (Wildman–Crippen LogP) is 2.65. The Bertz CT molecular complexity index is 873. The number of likely N-dealkylation sites (tertiary alicyclic amines) is 1. The molecule has 0 spiro atoms. The third-order valence-electron chi connectivity index (χ3n) is 5.63. The second-order valence-corrected chi connectivity index (χ2v) is 7.51. The van der Waals surface area contributed by atoms with E-state index in [1.807, 2.05) is 36.2 Å². The van der Waals surface area contributed by atoms with Gasteiger partial charge in [-0.1, -0.05) is 13.0 Å². The van der Waals surface area contributed by atoms with Crippen LogP contribution in [0.25, 0.3) is 0 Å². The minimum Gasteiger partial charge on any atom is -0.497 e. The number of carbonyl (C=O) groups is 1. The molecule has 1 saturated heterocycles. The van der Waals surface area contributed by atoms with Crippen LogP contribution in [0.1, 0.15) is 49.3 Å². The molecule has 1 N–H and O–H groups in total. The lowest BCUT2D eigenvalue weighted by molar-refractivity contribution is -0.140. The Kier molecular flexibility index (Phi) is 5.94. The van der Waals surface area contributed by atoms with Crippen molar-refractivity contribution in [1.29, 1.82) is 0 Å². The molecule has 0 radical (unpaired) electrons. The van der Waals surface area contributed by atoms with Gasteiger partial charge in [-0.15, -0.1) is 0 Å². The molecule has 1 aromatic heterocycles. The Balaban J connectivity index is 1.51. The van der Waals surface area contributed by atoms with Crippen LogP contribution >= 0.6 is 0 Å². The molecule has 1 fully saturated rings. The van der Waals surface area contributed by atoms with Crippen molar-refractivity contribution in [2.45, 2.75) is 51.3 Å². The van der Waals surface area contributed by atoms with Crippen molar-refractivity contribution >= 4 is 5.91 Å². The number of nitrogens with one attached hydrogen (secondary N) is 1. The molecule has 29 heavy (non-hydrogen) atoms. The summed E-state index contributed by atoms with van der Waals surface area (Å²) in [5.74, 6) is 2.10. The summed E-state index contributed by atoms with van der Waals surface area (Å²) in [5.41, 5.74) is 2.26. The zero-order valence-corrected chi connectivity index (χ0v) is 17.1. The van der Waals surface area contributed by atoms with Gasteiger partial charge in [0.15, 0.2) is 11.9 Å². The number of hydrogen-bond acceptors (Lipinski definition) is 6. The summed E-state index contributed by atoms with van der Waals surface area (Å²) in [6.45, 7) is 4.43. The number of methoxy groups -OCH3 is 1. The highest BCUT2D eigenvalue weighted by atomic mass is 16.5. The molecule has 1 aromatic carbocycles. The van der Waals surface area contributed by atoms with E-state index in [0.717, 1.165) is 49.4 Å². The lowest BCUT2D eigenvalue weighted by atomic mass is 10.1. The molecule has 2 aromatic rings. The number of fused-ring (bicyclic) bond motifs is 1. The Hall–Kier alpha value is -2.67. The van der Waals surface area contributed by atoms with Crippen LogP contribution < -0.4 is 14.8 Å². The van der Waals surface area contributed by atoms with E-state index in [9.17, 15) is 4.79 Å². The number of ether oxygens (including phenoxy) is 2. The number of rotatable bonds is 6. The van der Waals surface area contributed by atoms with Crippen molar-refractivity contribution in [1.82, 2.24) is 20.2 Å². The molecule has 0 saturated carbocycles. The molecule has 0 unspecified atom stereocenters. The SMILES string of the molecule is CC[C@H](Oc1cccc(OC)c1)C(=O)N1CCC[C@H]1c1ncc2c(n1)CCNC2. The number of hydrogen-bond donors (Lipinski definition) is 1. The standard InChI is InChI=1S/C22H28N4O3/c1-3-20(29-17-7-4-6-16(12-17)28-2)22(27)26-11-5-8-19(26)21-24-14-15-13-23-10-9-18(15)25-21/h4,6-7,12,14,19-20,23H,3,5,8-11,13H2,1-2H3/t19-,20-/m0/s1. The first-order valence-corrected chi connectivity index (χ1v) is 10.4. The molecule has 7 nitrogen and oxygen atoms in total. The van der Waals surface area contributed by atoms with Gasteiger partial charge in [0.05, 0.1) is 13.2 Å². The second-order valence-electron chi connectivity index (χ2n) is 7.51. The molecule has 2 aliphatic rings. The third-order valence-corrected chi connectivity index (χ3v) is 5.63. The maximum Gasteiger partial charge on any atom is 0.264 e. The van der Waals surface area contributed by atoms with Crippen LogP contribution in [-0.2, 0) is 17.8 Å². The summed E-state index contributed by atoms with van der Waals surface area (Å²) >= 11 is 0. The summed E-state index contributed by atoms with van der Waals surface area (Å²) in [6, 6.07) is 7.29. The van der Waals surface area contributed by atoms with Gasteiger partial charge in [-0.25, -0.2) is 9.97 Å². The second kappa shape index (κ2) is 8.78. The normalized spacial score (nSPS) is 19.5. The van der Waals surface area contributed by atoms with Crippen LogP contribution in [0.3, 0.4) is 0 Å². The number of nitrogens with zero attached hydrogens (tertiary/aromatic N) is 3. The summed E-state index contributed by atoms with van der Waals surface area (Å²) in [4.78, 5) is 24.6. The van der Waals surface area contributed by atoms with Crippen LogP contribution in [0.5, 0.6) is 11.5 Å². The van der Waals surface area contributed by atoms with Crippen molar-refractivity contribution in [3.63, 3.8) is 0 Å². The minimum absolute atomic E-state index is 0.000747. The zero-order valence-electron chi connectivity index (χ0n) is 17.1. The van der Waals surface area contributed by atoms with Crippen molar-refractivity contribution in [3.05, 3.63) is 47.5 Å². The quantitative estimate of drug-likeness (QED) is 0.809. The summed E-state index contributed by atoms with van der Waals surface area (Å²) in [6.07, 6.45) is 4.71. The molecule has 154 valence electrons. The molecule has 7 heteroatoms. The maximum atomic E-state index is 13.3. The highest BCUT2D eigenvalue weighted by Crippen LogP contribution is 2.32. The van der Waals surface area contributed by atoms with E-state index in [-0.39, 0.29) is 11.9 Å². The third kappa shape index (κ3) is 4.19. The van der Waals surface area contributed by atoms with Gasteiger partial charge in [0.25, 0.3) is 5.91 Å². The number of benzene rings is 1. The van der Waals surface area contributed by atoms with Crippen LogP contribution in [0.2, 0.25) is 0 Å². The highest BCUT2D eigenvalue weighted by Gasteiger charge is 2.36. The van der Waals surface area contributed by atoms with Gasteiger partial charge < -0.3 is 19.7 Å². The molecular weight excluding hydrogens is 368 g/mol. The van der Waals surface area contributed by atoms with Gasteiger partial charge in [0, 0.05) is 49.6 Å². The van der Waals surface area contributed by atoms with Gasteiger partial charge in [-0.3, -0.25) is 4.79 Å². The van der Waals surface area contributed by atoms with Gasteiger partial charge in [-0.2, -0.15) is 0 Å². The molecular formula is C22H28N4O3. The largest absolute Gasteiger partial charge is 0.497 e. The number of aromatic nitrogens is 2. The number of carbonyl (C=O) groups excluding carboxylic acids is 1. The Morgan fingerprint density at radius 1 is 1.38 bits per heavy atom. The smallest absolute Gasteiger partial charge is 0.264 e. The predicted molar refractivity (Wildman–Crippen MR) is 109 cm³/mol. The van der Waals surface area contributed by atoms with Crippen molar-refractivity contribution < 1.29 is 14.3 Å². The summed E-state index contributed by atoms with van der Waals surface area (Å²) in [7, 11) is 1.62. The van der Waals surface area contributed by atoms with Gasteiger partial charge in [-0.05, 0) is 31.4 Å². The van der Waals surface area contributed by atoms with Crippen molar-refractivity contribution in [2.75, 3.05) is 20.2 Å². The average Bonchev–Trinajstić information content (AvgIpc) is 3.26. The Labute approximate surface area is 171 Å². The van der Waals surface area contributed by atoms with E-state index in [1.165, 1.54) is 0 Å². The van der Waals surface area contributed by atoms with Crippen molar-refractivity contribution in [3.8, 4) is 11.5 Å². The fourth-order valence-corrected chi connectivity index (χ4v) is 4.04. The van der Waals surface area contributed by atoms with E-state index < -0.39 is 6.10 Å².